The number of likely N-dealkylation sites (N-methyl/N-ethyl adjacent to an activating group) is 1. The second-order valence-electron chi connectivity index (χ2n) is 6.67. The summed E-state index contributed by atoms with van der Waals surface area (Å²) >= 11 is 0. The van der Waals surface area contributed by atoms with Crippen LogP contribution in [0.25, 0.3) is 10.8 Å². The highest BCUT2D eigenvalue weighted by Gasteiger charge is 2.15. The number of hydrogen-bond donors (Lipinski definition) is 3. The van der Waals surface area contributed by atoms with Crippen LogP contribution in [0.15, 0.2) is 66.7 Å². The van der Waals surface area contributed by atoms with Crippen LogP contribution < -0.4 is 20.3 Å². The lowest BCUT2D eigenvalue weighted by Gasteiger charge is -2.14. The number of quaternary nitrogens is 1. The van der Waals surface area contributed by atoms with Crippen molar-refractivity contribution in [1.29, 1.82) is 0 Å². The molecule has 0 fully saturated rings. The van der Waals surface area contributed by atoms with Gasteiger partial charge in [0.1, 0.15) is 5.75 Å². The summed E-state index contributed by atoms with van der Waals surface area (Å²) in [5, 5.41) is 7.83. The maximum Gasteiger partial charge on any atom is 0.279 e. The van der Waals surface area contributed by atoms with Crippen molar-refractivity contribution in [2.45, 2.75) is 0 Å². The number of amides is 2. The lowest BCUT2D eigenvalue weighted by molar-refractivity contribution is -0.862. The molecule has 3 N–H and O–H groups in total. The fraction of sp³-hybridized carbons (Fsp3) is 0.182. The van der Waals surface area contributed by atoms with E-state index in [0.29, 0.717) is 11.4 Å². The van der Waals surface area contributed by atoms with E-state index in [-0.39, 0.29) is 24.9 Å². The predicted octanol–water partition coefficient (Wildman–Crippen LogP) is 1.94. The molecule has 0 radical (unpaired) electrons. The van der Waals surface area contributed by atoms with Gasteiger partial charge in [-0.1, -0.05) is 42.5 Å². The van der Waals surface area contributed by atoms with Gasteiger partial charge in [0.25, 0.3) is 11.8 Å². The van der Waals surface area contributed by atoms with E-state index in [1.807, 2.05) is 61.6 Å². The largest absolute Gasteiger partial charge is 0.497 e. The molecule has 0 aliphatic rings. The van der Waals surface area contributed by atoms with Gasteiger partial charge in [0.2, 0.25) is 0 Å². The molecule has 3 aromatic carbocycles. The zero-order valence-corrected chi connectivity index (χ0v) is 16.0. The second-order valence-corrected chi connectivity index (χ2v) is 6.67. The van der Waals surface area contributed by atoms with Gasteiger partial charge < -0.3 is 20.3 Å². The van der Waals surface area contributed by atoms with E-state index in [4.69, 9.17) is 4.74 Å². The zero-order valence-electron chi connectivity index (χ0n) is 16.0. The van der Waals surface area contributed by atoms with Crippen molar-refractivity contribution in [3.63, 3.8) is 0 Å². The Hall–Kier alpha value is -3.38. The molecule has 2 amide bonds. The van der Waals surface area contributed by atoms with Crippen molar-refractivity contribution in [3.8, 4) is 5.75 Å². The van der Waals surface area contributed by atoms with E-state index in [1.165, 1.54) is 0 Å². The van der Waals surface area contributed by atoms with Crippen molar-refractivity contribution >= 4 is 34.0 Å². The first-order valence-electron chi connectivity index (χ1n) is 9.08. The first-order valence-corrected chi connectivity index (χ1v) is 9.08. The number of fused-ring (bicyclic) bond motifs is 1. The van der Waals surface area contributed by atoms with Gasteiger partial charge in [-0.25, -0.2) is 0 Å². The van der Waals surface area contributed by atoms with Crippen LogP contribution >= 0.6 is 0 Å². The molecule has 3 aromatic rings. The zero-order chi connectivity index (χ0) is 19.9. The molecular formula is C22H24N3O3+. The van der Waals surface area contributed by atoms with Gasteiger partial charge in [0.15, 0.2) is 13.1 Å². The van der Waals surface area contributed by atoms with Crippen molar-refractivity contribution < 1.29 is 19.2 Å². The number of carbonyl (C=O) groups is 2. The van der Waals surface area contributed by atoms with Crippen molar-refractivity contribution in [2.24, 2.45) is 0 Å². The molecule has 0 aliphatic carbocycles. The van der Waals surface area contributed by atoms with E-state index in [2.05, 4.69) is 10.6 Å². The fourth-order valence-electron chi connectivity index (χ4n) is 3.05. The van der Waals surface area contributed by atoms with E-state index in [0.717, 1.165) is 21.4 Å². The number of hydrogen-bond acceptors (Lipinski definition) is 3. The van der Waals surface area contributed by atoms with E-state index < -0.39 is 0 Å². The highest BCUT2D eigenvalue weighted by molar-refractivity contribution is 6.02. The Labute approximate surface area is 164 Å². The molecule has 0 spiro atoms. The second kappa shape index (κ2) is 9.01. The average Bonchev–Trinajstić information content (AvgIpc) is 2.68. The summed E-state index contributed by atoms with van der Waals surface area (Å²) in [6.45, 7) is 0.370. The van der Waals surface area contributed by atoms with Crippen LogP contribution in [0.3, 0.4) is 0 Å². The lowest BCUT2D eigenvalue weighted by atomic mass is 10.1. The van der Waals surface area contributed by atoms with Gasteiger partial charge in [0, 0.05) is 22.8 Å². The highest BCUT2D eigenvalue weighted by Crippen LogP contribution is 2.22. The van der Waals surface area contributed by atoms with Gasteiger partial charge in [-0.3, -0.25) is 9.59 Å². The summed E-state index contributed by atoms with van der Waals surface area (Å²) in [6, 6.07) is 20.8. The average molecular weight is 378 g/mol. The summed E-state index contributed by atoms with van der Waals surface area (Å²) in [5.74, 6) is 0.375. The molecule has 6 nitrogen and oxygen atoms in total. The molecule has 1 unspecified atom stereocenters. The van der Waals surface area contributed by atoms with Gasteiger partial charge >= 0.3 is 0 Å². The lowest BCUT2D eigenvalue weighted by Crippen LogP contribution is -3.11. The number of rotatable bonds is 7. The molecule has 144 valence electrons. The number of carbonyl (C=O) groups excluding carboxylic acids is 2. The van der Waals surface area contributed by atoms with Crippen LogP contribution in [0, 0.1) is 0 Å². The molecule has 0 saturated heterocycles. The standard InChI is InChI=1S/C22H23N3O3/c1-25(14-21(26)23-17-9-6-10-18(13-17)28-2)15-22(27)24-20-12-5-8-16-7-3-4-11-19(16)20/h3-13H,14-15H2,1-2H3,(H,23,26)(H,24,27)/p+1. The molecule has 0 heterocycles. The Morgan fingerprint density at radius 1 is 0.893 bits per heavy atom. The van der Waals surface area contributed by atoms with Crippen LogP contribution in [0.5, 0.6) is 5.75 Å². The third kappa shape index (κ3) is 5.08. The van der Waals surface area contributed by atoms with Crippen molar-refractivity contribution in [2.75, 3.05) is 37.9 Å². The van der Waals surface area contributed by atoms with Crippen LogP contribution in [0.2, 0.25) is 0 Å². The fourth-order valence-corrected chi connectivity index (χ4v) is 3.05. The molecule has 1 atom stereocenters. The smallest absolute Gasteiger partial charge is 0.279 e. The number of anilines is 2. The summed E-state index contributed by atoms with van der Waals surface area (Å²) < 4.78 is 5.15. The summed E-state index contributed by atoms with van der Waals surface area (Å²) in [6.07, 6.45) is 0. The molecule has 6 heteroatoms. The third-order valence-electron chi connectivity index (χ3n) is 4.34. The van der Waals surface area contributed by atoms with Gasteiger partial charge in [-0.15, -0.1) is 0 Å². The molecule has 3 rings (SSSR count). The maximum atomic E-state index is 12.4. The Morgan fingerprint density at radius 3 is 2.36 bits per heavy atom. The van der Waals surface area contributed by atoms with Crippen LogP contribution in [-0.2, 0) is 9.59 Å². The summed E-state index contributed by atoms with van der Waals surface area (Å²) in [7, 11) is 3.39. The monoisotopic (exact) mass is 378 g/mol. The minimum Gasteiger partial charge on any atom is -0.497 e. The topological polar surface area (TPSA) is 71.9 Å². The maximum absolute atomic E-state index is 12.4. The molecule has 28 heavy (non-hydrogen) atoms. The Bertz CT molecular complexity index is 982. The Kier molecular flexibility index (Phi) is 6.24. The van der Waals surface area contributed by atoms with Crippen molar-refractivity contribution in [1.82, 2.24) is 0 Å². The van der Waals surface area contributed by atoms with Gasteiger partial charge in [0.05, 0.1) is 14.2 Å². The summed E-state index contributed by atoms with van der Waals surface area (Å²) in [5.41, 5.74) is 1.44. The number of nitrogens with one attached hydrogen (secondary N) is 3. The van der Waals surface area contributed by atoms with Crippen molar-refractivity contribution in [3.05, 3.63) is 66.7 Å². The van der Waals surface area contributed by atoms with Gasteiger partial charge in [-0.2, -0.15) is 0 Å². The Balaban J connectivity index is 1.54. The minimum atomic E-state index is -0.163. The first-order chi connectivity index (χ1) is 13.5. The normalized spacial score (nSPS) is 11.6. The van der Waals surface area contributed by atoms with Gasteiger partial charge in [-0.05, 0) is 23.6 Å². The number of methoxy groups -OCH3 is 1. The van der Waals surface area contributed by atoms with E-state index >= 15 is 0 Å². The Morgan fingerprint density at radius 2 is 1.57 bits per heavy atom. The number of benzene rings is 3. The first kappa shape index (κ1) is 19.4. The third-order valence-corrected chi connectivity index (χ3v) is 4.34. The highest BCUT2D eigenvalue weighted by atomic mass is 16.5. The summed E-state index contributed by atoms with van der Waals surface area (Å²) in [4.78, 5) is 25.4. The molecule has 0 bridgehead atoms. The molecule has 0 aliphatic heterocycles. The van der Waals surface area contributed by atoms with E-state index in [9.17, 15) is 9.59 Å². The van der Waals surface area contributed by atoms with Crippen LogP contribution in [-0.4, -0.2) is 39.1 Å². The SMILES string of the molecule is COc1cccc(NC(=O)C[NH+](C)CC(=O)Nc2cccc3ccccc23)c1. The predicted molar refractivity (Wildman–Crippen MR) is 111 cm³/mol. The van der Waals surface area contributed by atoms with E-state index in [1.54, 1.807) is 19.2 Å². The van der Waals surface area contributed by atoms with Crippen LogP contribution in [0.1, 0.15) is 0 Å². The van der Waals surface area contributed by atoms with Crippen LogP contribution in [0.4, 0.5) is 11.4 Å². The number of ether oxygens (including phenoxy) is 1. The molecule has 0 aromatic heterocycles. The molecule has 0 saturated carbocycles. The minimum absolute atomic E-state index is 0.136. The molecular weight excluding hydrogens is 354 g/mol. The quantitative estimate of drug-likeness (QED) is 0.588.